The summed E-state index contributed by atoms with van der Waals surface area (Å²) in [6.07, 6.45) is 2.43. The Morgan fingerprint density at radius 2 is 2.08 bits per heavy atom. The zero-order valence-corrected chi connectivity index (χ0v) is 14.0. The molecule has 134 valence electrons. The van der Waals surface area contributed by atoms with Gasteiger partial charge >= 0.3 is 0 Å². The van der Waals surface area contributed by atoms with Crippen molar-refractivity contribution in [1.29, 1.82) is 0 Å². The smallest absolute Gasteiger partial charge is 0.275 e. The molecule has 0 aliphatic carbocycles. The molecular weight excluding hydrogens is 330 g/mol. The van der Waals surface area contributed by atoms with Crippen LogP contribution in [0.5, 0.6) is 0 Å². The minimum atomic E-state index is -0.931. The number of amides is 1. The SMILES string of the molecule is CCc1cc(CN2CCCN(C(=O)c3ncc(F)cc3F)CC2)on1. The van der Waals surface area contributed by atoms with Crippen molar-refractivity contribution in [3.8, 4) is 0 Å². The predicted octanol–water partition coefficient (Wildman–Crippen LogP) is 2.26. The Bertz CT molecular complexity index is 750. The van der Waals surface area contributed by atoms with Crippen LogP contribution in [0.15, 0.2) is 22.9 Å². The summed E-state index contributed by atoms with van der Waals surface area (Å²) in [5, 5.41) is 3.98. The summed E-state index contributed by atoms with van der Waals surface area (Å²) in [7, 11) is 0. The van der Waals surface area contributed by atoms with Gasteiger partial charge in [-0.2, -0.15) is 0 Å². The molecule has 0 atom stereocenters. The van der Waals surface area contributed by atoms with Crippen molar-refractivity contribution in [2.45, 2.75) is 26.3 Å². The van der Waals surface area contributed by atoms with Crippen molar-refractivity contribution in [3.05, 3.63) is 47.1 Å². The van der Waals surface area contributed by atoms with E-state index in [1.807, 2.05) is 13.0 Å². The van der Waals surface area contributed by atoms with Gasteiger partial charge in [0.1, 0.15) is 5.82 Å². The number of hydrogen-bond acceptors (Lipinski definition) is 5. The number of carbonyl (C=O) groups is 1. The Kier molecular flexibility index (Phi) is 5.37. The first kappa shape index (κ1) is 17.5. The van der Waals surface area contributed by atoms with Crippen LogP contribution < -0.4 is 0 Å². The molecule has 8 heteroatoms. The van der Waals surface area contributed by atoms with E-state index in [1.165, 1.54) is 0 Å². The first-order valence-corrected chi connectivity index (χ1v) is 8.34. The van der Waals surface area contributed by atoms with E-state index in [0.717, 1.165) is 37.0 Å². The maximum Gasteiger partial charge on any atom is 0.275 e. The minimum absolute atomic E-state index is 0.335. The van der Waals surface area contributed by atoms with Crippen LogP contribution in [0.3, 0.4) is 0 Å². The molecule has 0 radical (unpaired) electrons. The van der Waals surface area contributed by atoms with Crippen molar-refractivity contribution >= 4 is 5.91 Å². The normalized spacial score (nSPS) is 16.0. The van der Waals surface area contributed by atoms with E-state index in [4.69, 9.17) is 4.52 Å². The Labute approximate surface area is 144 Å². The molecule has 3 rings (SSSR count). The van der Waals surface area contributed by atoms with Gasteiger partial charge in [-0.3, -0.25) is 9.69 Å². The average Bonchev–Trinajstić information content (AvgIpc) is 2.91. The van der Waals surface area contributed by atoms with Crippen LogP contribution >= 0.6 is 0 Å². The van der Waals surface area contributed by atoms with Gasteiger partial charge < -0.3 is 9.42 Å². The topological polar surface area (TPSA) is 62.5 Å². The lowest BCUT2D eigenvalue weighted by Crippen LogP contribution is -2.36. The van der Waals surface area contributed by atoms with E-state index in [0.29, 0.717) is 32.2 Å². The maximum absolute atomic E-state index is 13.8. The molecule has 0 spiro atoms. The molecule has 0 N–H and O–H groups in total. The summed E-state index contributed by atoms with van der Waals surface area (Å²) >= 11 is 0. The van der Waals surface area contributed by atoms with Gasteiger partial charge in [-0.25, -0.2) is 13.8 Å². The molecule has 0 aromatic carbocycles. The number of aryl methyl sites for hydroxylation is 1. The summed E-state index contributed by atoms with van der Waals surface area (Å²) in [6.45, 7) is 5.02. The van der Waals surface area contributed by atoms with Crippen LogP contribution in [0.1, 0.15) is 35.3 Å². The molecule has 0 unspecified atom stereocenters. The highest BCUT2D eigenvalue weighted by Crippen LogP contribution is 2.14. The zero-order chi connectivity index (χ0) is 17.8. The van der Waals surface area contributed by atoms with Gasteiger partial charge in [0, 0.05) is 38.3 Å². The number of hydrogen-bond donors (Lipinski definition) is 0. The number of halogens is 2. The molecule has 1 aliphatic rings. The average molecular weight is 350 g/mol. The van der Waals surface area contributed by atoms with Crippen molar-refractivity contribution < 1.29 is 18.1 Å². The van der Waals surface area contributed by atoms with Crippen LogP contribution in [0.25, 0.3) is 0 Å². The number of nitrogens with zero attached hydrogens (tertiary/aromatic N) is 4. The number of aromatic nitrogens is 2. The number of rotatable bonds is 4. The van der Waals surface area contributed by atoms with Gasteiger partial charge in [0.2, 0.25) is 0 Å². The molecule has 2 aromatic heterocycles. The largest absolute Gasteiger partial charge is 0.360 e. The number of carbonyl (C=O) groups excluding carboxylic acids is 1. The van der Waals surface area contributed by atoms with Gasteiger partial charge in [0.15, 0.2) is 17.3 Å². The third-order valence-electron chi connectivity index (χ3n) is 4.24. The van der Waals surface area contributed by atoms with Gasteiger partial charge in [-0.1, -0.05) is 12.1 Å². The fraction of sp³-hybridized carbons (Fsp3) is 0.471. The van der Waals surface area contributed by atoms with E-state index in [1.54, 1.807) is 4.90 Å². The molecule has 25 heavy (non-hydrogen) atoms. The highest BCUT2D eigenvalue weighted by Gasteiger charge is 2.24. The lowest BCUT2D eigenvalue weighted by molar-refractivity contribution is 0.0749. The molecule has 1 aliphatic heterocycles. The first-order valence-electron chi connectivity index (χ1n) is 8.34. The molecule has 1 saturated heterocycles. The van der Waals surface area contributed by atoms with Gasteiger partial charge in [0.25, 0.3) is 5.91 Å². The molecule has 6 nitrogen and oxygen atoms in total. The fourth-order valence-corrected chi connectivity index (χ4v) is 2.87. The molecule has 2 aromatic rings. The monoisotopic (exact) mass is 350 g/mol. The third-order valence-corrected chi connectivity index (χ3v) is 4.24. The summed E-state index contributed by atoms with van der Waals surface area (Å²) in [5.41, 5.74) is 0.581. The second kappa shape index (κ2) is 7.69. The van der Waals surface area contributed by atoms with Crippen LogP contribution in [0.2, 0.25) is 0 Å². The lowest BCUT2D eigenvalue weighted by atomic mass is 10.3. The van der Waals surface area contributed by atoms with E-state index >= 15 is 0 Å². The Hall–Kier alpha value is -2.35. The zero-order valence-electron chi connectivity index (χ0n) is 14.0. The van der Waals surface area contributed by atoms with Crippen LogP contribution in [-0.4, -0.2) is 52.0 Å². The lowest BCUT2D eigenvalue weighted by Gasteiger charge is -2.21. The molecule has 3 heterocycles. The van der Waals surface area contributed by atoms with Crippen molar-refractivity contribution in [2.75, 3.05) is 26.2 Å². The summed E-state index contributed by atoms with van der Waals surface area (Å²) in [6, 6.07) is 2.62. The van der Waals surface area contributed by atoms with Crippen molar-refractivity contribution in [3.63, 3.8) is 0 Å². The third kappa shape index (κ3) is 4.19. The second-order valence-corrected chi connectivity index (χ2v) is 6.04. The van der Waals surface area contributed by atoms with Crippen molar-refractivity contribution in [2.24, 2.45) is 0 Å². The molecule has 0 saturated carbocycles. The molecule has 1 amide bonds. The molecular formula is C17H20F2N4O2. The molecule has 0 bridgehead atoms. The first-order chi connectivity index (χ1) is 12.1. The fourth-order valence-electron chi connectivity index (χ4n) is 2.87. The minimum Gasteiger partial charge on any atom is -0.360 e. The Balaban J connectivity index is 1.61. The highest BCUT2D eigenvalue weighted by atomic mass is 19.1. The Morgan fingerprint density at radius 1 is 1.24 bits per heavy atom. The van der Waals surface area contributed by atoms with Crippen LogP contribution in [0, 0.1) is 11.6 Å². The van der Waals surface area contributed by atoms with Gasteiger partial charge in [-0.05, 0) is 12.8 Å². The predicted molar refractivity (Wildman–Crippen MR) is 85.8 cm³/mol. The highest BCUT2D eigenvalue weighted by molar-refractivity contribution is 5.92. The summed E-state index contributed by atoms with van der Waals surface area (Å²) < 4.78 is 32.0. The van der Waals surface area contributed by atoms with E-state index in [2.05, 4.69) is 15.0 Å². The second-order valence-electron chi connectivity index (χ2n) is 6.04. The standard InChI is InChI=1S/C17H20F2N4O2/c1-2-13-9-14(25-21-13)11-22-4-3-5-23(7-6-22)17(24)16-15(19)8-12(18)10-20-16/h8-10H,2-7,11H2,1H3. The van der Waals surface area contributed by atoms with Gasteiger partial charge in [-0.15, -0.1) is 0 Å². The van der Waals surface area contributed by atoms with Crippen molar-refractivity contribution in [1.82, 2.24) is 19.9 Å². The summed E-state index contributed by atoms with van der Waals surface area (Å²) in [5.74, 6) is -1.44. The Morgan fingerprint density at radius 3 is 2.80 bits per heavy atom. The van der Waals surface area contributed by atoms with Crippen LogP contribution in [-0.2, 0) is 13.0 Å². The molecule has 1 fully saturated rings. The maximum atomic E-state index is 13.8. The number of pyridine rings is 1. The van der Waals surface area contributed by atoms with E-state index < -0.39 is 17.5 Å². The van der Waals surface area contributed by atoms with E-state index in [-0.39, 0.29) is 5.69 Å². The quantitative estimate of drug-likeness (QED) is 0.846. The van der Waals surface area contributed by atoms with Crippen LogP contribution in [0.4, 0.5) is 8.78 Å². The summed E-state index contributed by atoms with van der Waals surface area (Å²) in [4.78, 5) is 19.8. The van der Waals surface area contributed by atoms with Gasteiger partial charge in [0.05, 0.1) is 18.4 Å². The van der Waals surface area contributed by atoms with E-state index in [9.17, 15) is 13.6 Å².